The lowest BCUT2D eigenvalue weighted by Gasteiger charge is -2.19. The summed E-state index contributed by atoms with van der Waals surface area (Å²) in [6.45, 7) is 8.85. The minimum atomic E-state index is -0.249. The predicted octanol–water partition coefficient (Wildman–Crippen LogP) is 5.15. The summed E-state index contributed by atoms with van der Waals surface area (Å²) in [5, 5.41) is 0. The fraction of sp³-hybridized carbons (Fsp3) is 0.500. The van der Waals surface area contributed by atoms with Crippen molar-refractivity contribution in [2.45, 2.75) is 46.0 Å². The standard InChI is InChI=1S/C18H25IO2/c1-5-21-17(20)13-15(7-6-12-19)14-8-10-16(11-9-14)18(2,3)4/h8-11,13H,5-7,12H2,1-4H3. The smallest absolute Gasteiger partial charge is 0.331 e. The van der Waals surface area contributed by atoms with Gasteiger partial charge in [-0.05, 0) is 46.3 Å². The molecule has 0 aromatic heterocycles. The first-order chi connectivity index (χ1) is 9.88. The molecule has 0 aliphatic rings. The Morgan fingerprint density at radius 2 is 1.86 bits per heavy atom. The fourth-order valence-corrected chi connectivity index (χ4v) is 2.45. The molecule has 21 heavy (non-hydrogen) atoms. The highest BCUT2D eigenvalue weighted by Crippen LogP contribution is 2.26. The second kappa shape index (κ2) is 8.57. The van der Waals surface area contributed by atoms with Gasteiger partial charge in [0.15, 0.2) is 0 Å². The summed E-state index contributed by atoms with van der Waals surface area (Å²) in [6.07, 6.45) is 3.60. The van der Waals surface area contributed by atoms with Crippen molar-refractivity contribution in [3.8, 4) is 0 Å². The number of carbonyl (C=O) groups excluding carboxylic acids is 1. The quantitative estimate of drug-likeness (QED) is 0.286. The van der Waals surface area contributed by atoms with Gasteiger partial charge in [0, 0.05) is 6.08 Å². The van der Waals surface area contributed by atoms with Gasteiger partial charge < -0.3 is 4.74 Å². The molecule has 0 amide bonds. The molecule has 0 radical (unpaired) electrons. The van der Waals surface area contributed by atoms with Crippen molar-refractivity contribution in [1.29, 1.82) is 0 Å². The average Bonchev–Trinajstić information content (AvgIpc) is 2.43. The van der Waals surface area contributed by atoms with Crippen molar-refractivity contribution in [2.75, 3.05) is 11.0 Å². The number of halogens is 1. The highest BCUT2D eigenvalue weighted by Gasteiger charge is 2.13. The van der Waals surface area contributed by atoms with Crippen molar-refractivity contribution < 1.29 is 9.53 Å². The van der Waals surface area contributed by atoms with Gasteiger partial charge in [-0.2, -0.15) is 0 Å². The topological polar surface area (TPSA) is 26.3 Å². The van der Waals surface area contributed by atoms with Gasteiger partial charge in [0.1, 0.15) is 0 Å². The zero-order chi connectivity index (χ0) is 15.9. The molecule has 0 heterocycles. The molecule has 0 unspecified atom stereocenters. The number of carbonyl (C=O) groups is 1. The number of ether oxygens (including phenoxy) is 1. The van der Waals surface area contributed by atoms with Crippen molar-refractivity contribution in [2.24, 2.45) is 0 Å². The van der Waals surface area contributed by atoms with Crippen molar-refractivity contribution in [3.05, 3.63) is 41.5 Å². The number of hydrogen-bond acceptors (Lipinski definition) is 2. The van der Waals surface area contributed by atoms with Gasteiger partial charge in [-0.3, -0.25) is 0 Å². The van der Waals surface area contributed by atoms with Crippen LogP contribution in [0.15, 0.2) is 30.3 Å². The molecule has 116 valence electrons. The van der Waals surface area contributed by atoms with Crippen molar-refractivity contribution in [3.63, 3.8) is 0 Å². The van der Waals surface area contributed by atoms with Crippen LogP contribution in [0.3, 0.4) is 0 Å². The molecule has 0 N–H and O–H groups in total. The molecule has 0 aliphatic heterocycles. The summed E-state index contributed by atoms with van der Waals surface area (Å²) < 4.78 is 6.12. The molecule has 0 bridgehead atoms. The molecule has 1 aromatic carbocycles. The van der Waals surface area contributed by atoms with E-state index < -0.39 is 0 Å². The third-order valence-electron chi connectivity index (χ3n) is 3.28. The minimum absolute atomic E-state index is 0.145. The van der Waals surface area contributed by atoms with Crippen LogP contribution in [0.25, 0.3) is 5.57 Å². The van der Waals surface area contributed by atoms with Gasteiger partial charge in [0.2, 0.25) is 0 Å². The molecule has 0 spiro atoms. The van der Waals surface area contributed by atoms with Gasteiger partial charge in [0.05, 0.1) is 6.61 Å². The molecule has 2 nitrogen and oxygen atoms in total. The Bertz CT molecular complexity index is 481. The Balaban J connectivity index is 3.00. The first kappa shape index (κ1) is 18.2. The van der Waals surface area contributed by atoms with E-state index in [1.807, 2.05) is 6.92 Å². The lowest BCUT2D eigenvalue weighted by atomic mass is 9.86. The number of benzene rings is 1. The van der Waals surface area contributed by atoms with Crippen LogP contribution in [-0.4, -0.2) is 17.0 Å². The van der Waals surface area contributed by atoms with Crippen LogP contribution in [-0.2, 0) is 14.9 Å². The summed E-state index contributed by atoms with van der Waals surface area (Å²) >= 11 is 2.36. The van der Waals surface area contributed by atoms with Gasteiger partial charge in [-0.25, -0.2) is 4.79 Å². The van der Waals surface area contributed by atoms with E-state index in [-0.39, 0.29) is 11.4 Å². The van der Waals surface area contributed by atoms with E-state index in [1.54, 1.807) is 6.08 Å². The molecule has 0 atom stereocenters. The van der Waals surface area contributed by atoms with E-state index >= 15 is 0 Å². The minimum Gasteiger partial charge on any atom is -0.463 e. The first-order valence-electron chi connectivity index (χ1n) is 7.42. The fourth-order valence-electron chi connectivity index (χ4n) is 2.07. The molecule has 3 heteroatoms. The Kier molecular flexibility index (Phi) is 7.43. The largest absolute Gasteiger partial charge is 0.463 e. The van der Waals surface area contributed by atoms with E-state index in [4.69, 9.17) is 4.74 Å². The van der Waals surface area contributed by atoms with Gasteiger partial charge in [-0.15, -0.1) is 0 Å². The number of esters is 1. The average molecular weight is 400 g/mol. The van der Waals surface area contributed by atoms with Crippen LogP contribution in [0.4, 0.5) is 0 Å². The van der Waals surface area contributed by atoms with E-state index in [2.05, 4.69) is 67.6 Å². The van der Waals surface area contributed by atoms with Gasteiger partial charge >= 0.3 is 5.97 Å². The van der Waals surface area contributed by atoms with Gasteiger partial charge in [-0.1, -0.05) is 67.6 Å². The summed E-state index contributed by atoms with van der Waals surface area (Å²) in [5.74, 6) is -0.249. The maximum atomic E-state index is 11.7. The van der Waals surface area contributed by atoms with Crippen LogP contribution in [0.5, 0.6) is 0 Å². The Hall–Kier alpha value is -0.840. The first-order valence-corrected chi connectivity index (χ1v) is 8.95. The second-order valence-corrected chi connectivity index (χ2v) is 7.12. The van der Waals surface area contributed by atoms with Crippen molar-refractivity contribution in [1.82, 2.24) is 0 Å². The van der Waals surface area contributed by atoms with Crippen LogP contribution in [0, 0.1) is 0 Å². The number of allylic oxidation sites excluding steroid dienone is 1. The summed E-state index contributed by atoms with van der Waals surface area (Å²) in [4.78, 5) is 11.7. The molecular formula is C18H25IO2. The second-order valence-electron chi connectivity index (χ2n) is 6.04. The Morgan fingerprint density at radius 1 is 1.24 bits per heavy atom. The third kappa shape index (κ3) is 6.20. The summed E-state index contributed by atoms with van der Waals surface area (Å²) in [5.41, 5.74) is 3.62. The monoisotopic (exact) mass is 400 g/mol. The normalized spacial score (nSPS) is 12.3. The van der Waals surface area contributed by atoms with Gasteiger partial charge in [0.25, 0.3) is 0 Å². The summed E-state index contributed by atoms with van der Waals surface area (Å²) in [7, 11) is 0. The Morgan fingerprint density at radius 3 is 2.33 bits per heavy atom. The maximum absolute atomic E-state index is 11.7. The van der Waals surface area contributed by atoms with Crippen LogP contribution in [0.2, 0.25) is 0 Å². The zero-order valence-electron chi connectivity index (χ0n) is 13.4. The van der Waals surface area contributed by atoms with E-state index in [0.717, 1.165) is 28.4 Å². The molecule has 0 saturated heterocycles. The number of hydrogen-bond donors (Lipinski definition) is 0. The molecule has 1 aromatic rings. The predicted molar refractivity (Wildman–Crippen MR) is 97.9 cm³/mol. The van der Waals surface area contributed by atoms with Crippen LogP contribution < -0.4 is 0 Å². The highest BCUT2D eigenvalue weighted by molar-refractivity contribution is 14.1. The lowest BCUT2D eigenvalue weighted by Crippen LogP contribution is -2.10. The zero-order valence-corrected chi connectivity index (χ0v) is 15.6. The highest BCUT2D eigenvalue weighted by atomic mass is 127. The molecule has 0 fully saturated rings. The number of alkyl halides is 1. The van der Waals surface area contributed by atoms with Crippen molar-refractivity contribution >= 4 is 34.1 Å². The SMILES string of the molecule is CCOC(=O)C=C(CCCI)c1ccc(C(C)(C)C)cc1. The molecule has 1 rings (SSSR count). The molecular weight excluding hydrogens is 375 g/mol. The molecule has 0 aliphatic carbocycles. The number of rotatable bonds is 6. The van der Waals surface area contributed by atoms with E-state index in [0.29, 0.717) is 6.61 Å². The van der Waals surface area contributed by atoms with E-state index in [1.165, 1.54) is 5.56 Å². The molecule has 0 saturated carbocycles. The van der Waals surface area contributed by atoms with E-state index in [9.17, 15) is 4.79 Å². The maximum Gasteiger partial charge on any atom is 0.331 e. The lowest BCUT2D eigenvalue weighted by molar-refractivity contribution is -0.137. The van der Waals surface area contributed by atoms with Crippen LogP contribution >= 0.6 is 22.6 Å². The third-order valence-corrected chi connectivity index (χ3v) is 4.04. The Labute approximate surface area is 142 Å². The van der Waals surface area contributed by atoms with Crippen LogP contribution in [0.1, 0.15) is 51.7 Å². The summed E-state index contributed by atoms with van der Waals surface area (Å²) in [6, 6.07) is 8.52.